The maximum Gasteiger partial charge on any atom is 0.332 e. The lowest BCUT2D eigenvalue weighted by Gasteiger charge is -2.14. The average Bonchev–Trinajstić information content (AvgIpc) is 2.83. The lowest BCUT2D eigenvalue weighted by molar-refractivity contribution is 0.487. The fourth-order valence-electron chi connectivity index (χ4n) is 2.60. The van der Waals surface area contributed by atoms with Crippen LogP contribution in [0.3, 0.4) is 0 Å². The van der Waals surface area contributed by atoms with Gasteiger partial charge in [-0.25, -0.2) is 10.2 Å². The Labute approximate surface area is 127 Å². The van der Waals surface area contributed by atoms with E-state index < -0.39 is 0 Å². The fraction of sp³-hybridized carbons (Fsp3) is 0.571. The standard InChI is InChI=1S/C14H20N6O2/c1-8(2)5-6-19-12(21)10-11(18(4)14(19)22)15-13-17-16-9(3)7-20(10)13/h8H,5-7H2,1-4H3,(H,15,17). The van der Waals surface area contributed by atoms with Crippen LogP contribution in [0, 0.1) is 5.92 Å². The molecule has 118 valence electrons. The van der Waals surface area contributed by atoms with E-state index in [1.165, 1.54) is 9.13 Å². The monoisotopic (exact) mass is 304 g/mol. The van der Waals surface area contributed by atoms with Crippen LogP contribution in [0.4, 0.5) is 5.95 Å². The Hall–Kier alpha value is -2.38. The summed E-state index contributed by atoms with van der Waals surface area (Å²) in [7, 11) is 1.64. The van der Waals surface area contributed by atoms with Crippen LogP contribution < -0.4 is 16.7 Å². The highest BCUT2D eigenvalue weighted by atomic mass is 16.2. The van der Waals surface area contributed by atoms with E-state index in [9.17, 15) is 9.59 Å². The van der Waals surface area contributed by atoms with Gasteiger partial charge in [0.1, 0.15) is 0 Å². The van der Waals surface area contributed by atoms with E-state index in [0.29, 0.717) is 36.1 Å². The van der Waals surface area contributed by atoms with Gasteiger partial charge in [-0.15, -0.1) is 0 Å². The molecule has 2 aromatic rings. The van der Waals surface area contributed by atoms with Crippen molar-refractivity contribution >= 4 is 22.8 Å². The van der Waals surface area contributed by atoms with Crippen molar-refractivity contribution in [1.29, 1.82) is 0 Å². The molecule has 1 aliphatic rings. The predicted octanol–water partition coefficient (Wildman–Crippen LogP) is 0.744. The Morgan fingerprint density at radius 2 is 2.05 bits per heavy atom. The molecule has 3 heterocycles. The SMILES string of the molecule is CC1=NNc2nc3c(c(=O)n(CCC(C)C)c(=O)n3C)n2C1. The maximum absolute atomic E-state index is 12.8. The second kappa shape index (κ2) is 5.11. The van der Waals surface area contributed by atoms with Gasteiger partial charge in [0.2, 0.25) is 5.95 Å². The Balaban J connectivity index is 2.26. The summed E-state index contributed by atoms with van der Waals surface area (Å²) in [5.41, 5.74) is 3.90. The molecule has 0 unspecified atom stereocenters. The molecular weight excluding hydrogens is 284 g/mol. The summed E-state index contributed by atoms with van der Waals surface area (Å²) < 4.78 is 4.52. The third-order valence-electron chi connectivity index (χ3n) is 3.90. The highest BCUT2D eigenvalue weighted by molar-refractivity contribution is 5.87. The first-order chi connectivity index (χ1) is 10.4. The Morgan fingerprint density at radius 3 is 2.73 bits per heavy atom. The first-order valence-electron chi connectivity index (χ1n) is 7.39. The summed E-state index contributed by atoms with van der Waals surface area (Å²) in [6.45, 7) is 6.93. The van der Waals surface area contributed by atoms with Gasteiger partial charge in [-0.2, -0.15) is 10.1 Å². The van der Waals surface area contributed by atoms with Crippen molar-refractivity contribution in [3.05, 3.63) is 20.8 Å². The summed E-state index contributed by atoms with van der Waals surface area (Å²) >= 11 is 0. The van der Waals surface area contributed by atoms with Crippen molar-refractivity contribution in [2.24, 2.45) is 18.1 Å². The van der Waals surface area contributed by atoms with Crippen LogP contribution in [-0.2, 0) is 20.1 Å². The third-order valence-corrected chi connectivity index (χ3v) is 3.90. The lowest BCUT2D eigenvalue weighted by Crippen LogP contribution is -2.40. The molecule has 1 aliphatic heterocycles. The van der Waals surface area contributed by atoms with Crippen LogP contribution in [0.5, 0.6) is 0 Å². The smallest absolute Gasteiger partial charge is 0.297 e. The summed E-state index contributed by atoms with van der Waals surface area (Å²) in [5, 5.41) is 4.12. The van der Waals surface area contributed by atoms with Crippen LogP contribution in [0.2, 0.25) is 0 Å². The number of hydrazone groups is 1. The van der Waals surface area contributed by atoms with Gasteiger partial charge in [-0.3, -0.25) is 18.5 Å². The number of hydrogen-bond donors (Lipinski definition) is 1. The lowest BCUT2D eigenvalue weighted by atomic mass is 10.1. The largest absolute Gasteiger partial charge is 0.332 e. The molecule has 8 nitrogen and oxygen atoms in total. The van der Waals surface area contributed by atoms with Gasteiger partial charge in [-0.05, 0) is 19.3 Å². The number of nitrogens with zero attached hydrogens (tertiary/aromatic N) is 5. The molecule has 0 atom stereocenters. The van der Waals surface area contributed by atoms with E-state index >= 15 is 0 Å². The second-order valence-corrected chi connectivity index (χ2v) is 6.13. The number of imidazole rings is 1. The number of rotatable bonds is 3. The highest BCUT2D eigenvalue weighted by Crippen LogP contribution is 2.18. The summed E-state index contributed by atoms with van der Waals surface area (Å²) in [5.74, 6) is 0.914. The molecule has 3 rings (SSSR count). The molecule has 0 radical (unpaired) electrons. The number of aromatic nitrogens is 4. The molecular formula is C14H20N6O2. The van der Waals surface area contributed by atoms with Gasteiger partial charge in [0.15, 0.2) is 11.2 Å². The molecule has 0 saturated carbocycles. The topological polar surface area (TPSA) is 86.2 Å². The van der Waals surface area contributed by atoms with Gasteiger partial charge in [-0.1, -0.05) is 13.8 Å². The molecule has 0 amide bonds. The number of hydrogen-bond acceptors (Lipinski definition) is 5. The van der Waals surface area contributed by atoms with Crippen LogP contribution in [0.1, 0.15) is 27.2 Å². The van der Waals surface area contributed by atoms with Crippen molar-refractivity contribution in [3.63, 3.8) is 0 Å². The van der Waals surface area contributed by atoms with Gasteiger partial charge >= 0.3 is 5.69 Å². The van der Waals surface area contributed by atoms with Gasteiger partial charge in [0.05, 0.1) is 12.3 Å². The van der Waals surface area contributed by atoms with Gasteiger partial charge in [0, 0.05) is 13.6 Å². The van der Waals surface area contributed by atoms with E-state index in [1.54, 1.807) is 11.6 Å². The summed E-state index contributed by atoms with van der Waals surface area (Å²) in [4.78, 5) is 29.5. The zero-order valence-electron chi connectivity index (χ0n) is 13.3. The molecule has 0 fully saturated rings. The average molecular weight is 304 g/mol. The van der Waals surface area contributed by atoms with Crippen LogP contribution in [0.15, 0.2) is 14.7 Å². The quantitative estimate of drug-likeness (QED) is 0.906. The predicted molar refractivity (Wildman–Crippen MR) is 85.4 cm³/mol. The molecule has 0 bridgehead atoms. The second-order valence-electron chi connectivity index (χ2n) is 6.13. The minimum atomic E-state index is -0.328. The Morgan fingerprint density at radius 1 is 1.32 bits per heavy atom. The van der Waals surface area contributed by atoms with Crippen LogP contribution in [-0.4, -0.2) is 24.4 Å². The number of fused-ring (bicyclic) bond motifs is 3. The van der Waals surface area contributed by atoms with E-state index in [2.05, 4.69) is 29.4 Å². The minimum Gasteiger partial charge on any atom is -0.297 e. The van der Waals surface area contributed by atoms with Gasteiger partial charge in [0.25, 0.3) is 5.56 Å². The first kappa shape index (κ1) is 14.6. The maximum atomic E-state index is 12.8. The van der Waals surface area contributed by atoms with Gasteiger partial charge < -0.3 is 0 Å². The van der Waals surface area contributed by atoms with Crippen LogP contribution >= 0.6 is 0 Å². The third kappa shape index (κ3) is 2.15. The van der Waals surface area contributed by atoms with Crippen molar-refractivity contribution in [1.82, 2.24) is 18.7 Å². The van der Waals surface area contributed by atoms with Crippen LogP contribution in [0.25, 0.3) is 11.2 Å². The molecule has 0 aromatic carbocycles. The molecule has 22 heavy (non-hydrogen) atoms. The zero-order valence-corrected chi connectivity index (χ0v) is 13.3. The van der Waals surface area contributed by atoms with Crippen molar-refractivity contribution in [3.8, 4) is 0 Å². The van der Waals surface area contributed by atoms with Crippen molar-refractivity contribution in [2.75, 3.05) is 5.43 Å². The highest BCUT2D eigenvalue weighted by Gasteiger charge is 2.22. The normalized spacial score (nSPS) is 14.1. The number of anilines is 1. The number of aryl methyl sites for hydroxylation is 1. The Bertz CT molecular complexity index is 883. The molecule has 2 aromatic heterocycles. The molecule has 0 aliphatic carbocycles. The zero-order chi connectivity index (χ0) is 16.0. The first-order valence-corrected chi connectivity index (χ1v) is 7.39. The van der Waals surface area contributed by atoms with E-state index in [-0.39, 0.29) is 11.2 Å². The van der Waals surface area contributed by atoms with Crippen molar-refractivity contribution in [2.45, 2.75) is 40.3 Å². The fourth-order valence-corrected chi connectivity index (χ4v) is 2.60. The summed E-state index contributed by atoms with van der Waals surface area (Å²) in [6.07, 6.45) is 0.778. The molecule has 1 N–H and O–H groups in total. The number of nitrogens with one attached hydrogen (secondary N) is 1. The van der Waals surface area contributed by atoms with Crippen molar-refractivity contribution < 1.29 is 0 Å². The van der Waals surface area contributed by atoms with E-state index in [1.807, 2.05) is 6.92 Å². The molecule has 0 spiro atoms. The van der Waals surface area contributed by atoms with E-state index in [0.717, 1.165) is 12.1 Å². The molecule has 0 saturated heterocycles. The molecule has 8 heteroatoms. The summed E-state index contributed by atoms with van der Waals surface area (Å²) in [6, 6.07) is 0. The van der Waals surface area contributed by atoms with E-state index in [4.69, 9.17) is 0 Å². The minimum absolute atomic E-state index is 0.283. The Kier molecular flexibility index (Phi) is 3.38.